The van der Waals surface area contributed by atoms with Crippen LogP contribution in [0.1, 0.15) is 10.7 Å². The van der Waals surface area contributed by atoms with Crippen LogP contribution in [0, 0.1) is 5.82 Å². The van der Waals surface area contributed by atoms with E-state index in [1.165, 1.54) is 23.9 Å². The molecule has 0 saturated heterocycles. The van der Waals surface area contributed by atoms with Crippen molar-refractivity contribution in [1.29, 1.82) is 0 Å². The van der Waals surface area contributed by atoms with Crippen molar-refractivity contribution in [2.45, 2.75) is 12.3 Å². The smallest absolute Gasteiger partial charge is 0.232 e. The molecular formula is C18H19FN6OS2. The Morgan fingerprint density at radius 1 is 1.25 bits per heavy atom. The van der Waals surface area contributed by atoms with Gasteiger partial charge in [0, 0.05) is 17.6 Å². The van der Waals surface area contributed by atoms with Crippen LogP contribution in [0.25, 0.3) is 0 Å². The summed E-state index contributed by atoms with van der Waals surface area (Å²) in [5.74, 6) is 1.26. The van der Waals surface area contributed by atoms with Gasteiger partial charge < -0.3 is 16.0 Å². The number of carbonyl (C=O) groups excluding carboxylic acids is 1. The van der Waals surface area contributed by atoms with Gasteiger partial charge in [0.25, 0.3) is 0 Å². The minimum absolute atomic E-state index is 0.0325. The molecule has 2 heterocycles. The molecule has 3 N–H and O–H groups in total. The lowest BCUT2D eigenvalue weighted by molar-refractivity contribution is -0.127. The van der Waals surface area contributed by atoms with Crippen LogP contribution in [-0.2, 0) is 17.1 Å². The fourth-order valence-corrected chi connectivity index (χ4v) is 3.85. The lowest BCUT2D eigenvalue weighted by Gasteiger charge is -2.15. The van der Waals surface area contributed by atoms with Gasteiger partial charge in [-0.25, -0.2) is 4.39 Å². The molecule has 0 unspecified atom stereocenters. The van der Waals surface area contributed by atoms with E-state index in [-0.39, 0.29) is 23.6 Å². The van der Waals surface area contributed by atoms with Crippen molar-refractivity contribution in [1.82, 2.24) is 19.9 Å². The number of amides is 1. The number of thioether (sulfide) groups is 1. The highest BCUT2D eigenvalue weighted by Gasteiger charge is 2.11. The number of nitrogens with one attached hydrogen (secondary N) is 1. The molecule has 2 aromatic heterocycles. The molecule has 28 heavy (non-hydrogen) atoms. The van der Waals surface area contributed by atoms with Gasteiger partial charge in [0.1, 0.15) is 11.6 Å². The van der Waals surface area contributed by atoms with E-state index in [0.717, 1.165) is 4.88 Å². The number of rotatable bonds is 8. The number of nitrogens with two attached hydrogens (primary N) is 1. The molecule has 1 aromatic carbocycles. The van der Waals surface area contributed by atoms with Gasteiger partial charge in [0.05, 0.1) is 18.1 Å². The van der Waals surface area contributed by atoms with Crippen molar-refractivity contribution in [2.75, 3.05) is 23.9 Å². The molecule has 0 bridgehead atoms. The van der Waals surface area contributed by atoms with Gasteiger partial charge in [-0.05, 0) is 35.7 Å². The molecule has 7 nitrogen and oxygen atoms in total. The molecule has 146 valence electrons. The van der Waals surface area contributed by atoms with E-state index < -0.39 is 0 Å². The second-order valence-corrected chi connectivity index (χ2v) is 7.91. The number of thiophene rings is 1. The van der Waals surface area contributed by atoms with Gasteiger partial charge in [-0.3, -0.25) is 4.79 Å². The Labute approximate surface area is 170 Å². The van der Waals surface area contributed by atoms with E-state index >= 15 is 0 Å². The third-order valence-electron chi connectivity index (χ3n) is 3.65. The zero-order chi connectivity index (χ0) is 19.9. The number of nitrogen functional groups attached to an aromatic ring is 1. The van der Waals surface area contributed by atoms with Crippen LogP contribution in [0.15, 0.2) is 41.8 Å². The highest BCUT2D eigenvalue weighted by molar-refractivity contribution is 7.99. The minimum atomic E-state index is -0.327. The topological polar surface area (TPSA) is 97.0 Å². The summed E-state index contributed by atoms with van der Waals surface area (Å²) in [6.45, 7) is 0.599. The maximum absolute atomic E-state index is 13.0. The predicted molar refractivity (Wildman–Crippen MR) is 111 cm³/mol. The van der Waals surface area contributed by atoms with Gasteiger partial charge in [-0.2, -0.15) is 15.0 Å². The van der Waals surface area contributed by atoms with Gasteiger partial charge in [0.2, 0.25) is 17.8 Å². The molecule has 0 saturated carbocycles. The lowest BCUT2D eigenvalue weighted by atomic mass is 10.3. The Morgan fingerprint density at radius 2 is 2.04 bits per heavy atom. The van der Waals surface area contributed by atoms with E-state index in [9.17, 15) is 9.18 Å². The average Bonchev–Trinajstić information content (AvgIpc) is 3.16. The molecule has 3 rings (SSSR count). The number of halogens is 1. The number of carbonyl (C=O) groups is 1. The Hall–Kier alpha value is -2.72. The minimum Gasteiger partial charge on any atom is -0.368 e. The summed E-state index contributed by atoms with van der Waals surface area (Å²) in [6.07, 6.45) is 0. The largest absolute Gasteiger partial charge is 0.368 e. The van der Waals surface area contributed by atoms with E-state index in [1.54, 1.807) is 35.4 Å². The van der Waals surface area contributed by atoms with Crippen LogP contribution >= 0.6 is 23.1 Å². The van der Waals surface area contributed by atoms with Crippen molar-refractivity contribution in [3.05, 3.63) is 58.3 Å². The Morgan fingerprint density at radius 3 is 2.75 bits per heavy atom. The van der Waals surface area contributed by atoms with Crippen LogP contribution in [0.5, 0.6) is 0 Å². The Balaban J connectivity index is 1.53. The molecule has 0 radical (unpaired) electrons. The number of hydrogen-bond donors (Lipinski definition) is 2. The summed E-state index contributed by atoms with van der Waals surface area (Å²) in [7, 11) is 1.79. The van der Waals surface area contributed by atoms with E-state index in [1.807, 2.05) is 17.5 Å². The number of benzene rings is 1. The quantitative estimate of drug-likeness (QED) is 0.579. The molecular weight excluding hydrogens is 399 g/mol. The highest BCUT2D eigenvalue weighted by Crippen LogP contribution is 2.17. The van der Waals surface area contributed by atoms with Crippen molar-refractivity contribution in [2.24, 2.45) is 0 Å². The third kappa shape index (κ3) is 5.89. The molecule has 1 amide bonds. The van der Waals surface area contributed by atoms with Gasteiger partial charge in [-0.1, -0.05) is 6.07 Å². The van der Waals surface area contributed by atoms with Gasteiger partial charge >= 0.3 is 0 Å². The Bertz CT molecular complexity index is 920. The number of nitrogens with zero attached hydrogens (tertiary/aromatic N) is 4. The van der Waals surface area contributed by atoms with Crippen LogP contribution in [0.3, 0.4) is 0 Å². The summed E-state index contributed by atoms with van der Waals surface area (Å²) < 4.78 is 13.0. The second-order valence-electron chi connectivity index (χ2n) is 5.89. The first-order chi connectivity index (χ1) is 13.5. The maximum Gasteiger partial charge on any atom is 0.232 e. The fourth-order valence-electron chi connectivity index (χ4n) is 2.29. The van der Waals surface area contributed by atoms with Crippen molar-refractivity contribution < 1.29 is 9.18 Å². The molecule has 0 atom stereocenters. The molecule has 0 fully saturated rings. The SMILES string of the molecule is CN(Cc1cccs1)C(=O)CSCc1nc(N)nc(Nc2ccc(F)cc2)n1. The van der Waals surface area contributed by atoms with Crippen LogP contribution in [0.4, 0.5) is 22.0 Å². The van der Waals surface area contributed by atoms with Crippen molar-refractivity contribution in [3.63, 3.8) is 0 Å². The first-order valence-corrected chi connectivity index (χ1v) is 10.4. The second kappa shape index (κ2) is 9.47. The molecule has 0 spiro atoms. The maximum atomic E-state index is 13.0. The number of anilines is 3. The summed E-state index contributed by atoms with van der Waals surface area (Å²) in [5, 5.41) is 4.95. The third-order valence-corrected chi connectivity index (χ3v) is 5.43. The lowest BCUT2D eigenvalue weighted by Crippen LogP contribution is -2.27. The van der Waals surface area contributed by atoms with Crippen molar-refractivity contribution >= 4 is 46.6 Å². The molecule has 10 heteroatoms. The van der Waals surface area contributed by atoms with Crippen LogP contribution in [0.2, 0.25) is 0 Å². The van der Waals surface area contributed by atoms with Gasteiger partial charge in [0.15, 0.2) is 0 Å². The first kappa shape index (κ1) is 20.0. The molecule has 0 aliphatic carbocycles. The van der Waals surface area contributed by atoms with Crippen molar-refractivity contribution in [3.8, 4) is 0 Å². The molecule has 0 aliphatic heterocycles. The number of aromatic nitrogens is 3. The first-order valence-electron chi connectivity index (χ1n) is 8.37. The normalized spacial score (nSPS) is 10.6. The monoisotopic (exact) mass is 418 g/mol. The zero-order valence-corrected chi connectivity index (χ0v) is 16.8. The predicted octanol–water partition coefficient (Wildman–Crippen LogP) is 3.29. The summed E-state index contributed by atoms with van der Waals surface area (Å²) in [4.78, 5) is 27.5. The van der Waals surface area contributed by atoms with E-state index in [4.69, 9.17) is 5.73 Å². The average molecular weight is 419 g/mol. The zero-order valence-electron chi connectivity index (χ0n) is 15.1. The summed E-state index contributed by atoms with van der Waals surface area (Å²) in [5.41, 5.74) is 6.38. The summed E-state index contributed by atoms with van der Waals surface area (Å²) >= 11 is 3.03. The van der Waals surface area contributed by atoms with E-state index in [2.05, 4.69) is 20.3 Å². The van der Waals surface area contributed by atoms with E-state index in [0.29, 0.717) is 29.6 Å². The Kier molecular flexibility index (Phi) is 6.77. The standard InChI is InChI=1S/C18H19FN6OS2/c1-25(9-14-3-2-8-28-14)16(26)11-27-10-15-22-17(20)24-18(23-15)21-13-6-4-12(19)5-7-13/h2-8H,9-11H2,1H3,(H3,20,21,22,23,24). The molecule has 3 aromatic rings. The van der Waals surface area contributed by atoms with Crippen LogP contribution in [-0.4, -0.2) is 38.6 Å². The molecule has 0 aliphatic rings. The summed E-state index contributed by atoms with van der Waals surface area (Å²) in [6, 6.07) is 9.79. The van der Waals surface area contributed by atoms with Crippen LogP contribution < -0.4 is 11.1 Å². The fraction of sp³-hybridized carbons (Fsp3) is 0.222. The number of hydrogen-bond acceptors (Lipinski definition) is 8. The highest BCUT2D eigenvalue weighted by atomic mass is 32.2. The van der Waals surface area contributed by atoms with Gasteiger partial charge in [-0.15, -0.1) is 23.1 Å².